The van der Waals surface area contributed by atoms with E-state index in [0.717, 1.165) is 17.7 Å². The van der Waals surface area contributed by atoms with Crippen molar-refractivity contribution in [2.45, 2.75) is 6.42 Å². The lowest BCUT2D eigenvalue weighted by Crippen LogP contribution is -2.08. The Morgan fingerprint density at radius 2 is 1.92 bits per heavy atom. The third-order valence-electron chi connectivity index (χ3n) is 3.57. The molecule has 0 spiro atoms. The quantitative estimate of drug-likeness (QED) is 0.874. The van der Waals surface area contributed by atoms with E-state index in [1.807, 2.05) is 24.3 Å². The number of para-hydroxylation sites is 1. The molecule has 0 atom stereocenters. The van der Waals surface area contributed by atoms with Gasteiger partial charge in [0.2, 0.25) is 5.91 Å². The number of hydrogen-bond acceptors (Lipinski definition) is 4. The van der Waals surface area contributed by atoms with Crippen molar-refractivity contribution in [3.8, 4) is 17.2 Å². The Hall–Kier alpha value is -2.95. The molecule has 3 rings (SSSR count). The summed E-state index contributed by atoms with van der Waals surface area (Å²) in [4.78, 5) is 12.1. The molecule has 1 amide bonds. The minimum atomic E-state index is -0.226. The van der Waals surface area contributed by atoms with Crippen LogP contribution < -0.4 is 19.5 Å². The van der Waals surface area contributed by atoms with Crippen molar-refractivity contribution >= 4 is 17.7 Å². The van der Waals surface area contributed by atoms with E-state index in [1.165, 1.54) is 6.08 Å². The summed E-state index contributed by atoms with van der Waals surface area (Å²) < 4.78 is 16.4. The molecule has 1 aliphatic rings. The van der Waals surface area contributed by atoms with Gasteiger partial charge in [-0.1, -0.05) is 18.2 Å². The first-order valence-corrected chi connectivity index (χ1v) is 7.78. The highest BCUT2D eigenvalue weighted by Gasteiger charge is 2.11. The van der Waals surface area contributed by atoms with Gasteiger partial charge in [-0.3, -0.25) is 4.79 Å². The summed E-state index contributed by atoms with van der Waals surface area (Å²) in [6.45, 7) is 1.25. The van der Waals surface area contributed by atoms with Crippen molar-refractivity contribution in [2.75, 3.05) is 25.6 Å². The minimum Gasteiger partial charge on any atom is -0.496 e. The van der Waals surface area contributed by atoms with Gasteiger partial charge in [0.25, 0.3) is 0 Å². The topological polar surface area (TPSA) is 56.8 Å². The molecular formula is C19H19NO4. The molecule has 0 radical (unpaired) electrons. The molecular weight excluding hydrogens is 306 g/mol. The van der Waals surface area contributed by atoms with E-state index in [-0.39, 0.29) is 5.91 Å². The van der Waals surface area contributed by atoms with Crippen molar-refractivity contribution in [2.24, 2.45) is 0 Å². The molecule has 124 valence electrons. The highest BCUT2D eigenvalue weighted by Crippen LogP contribution is 2.32. The van der Waals surface area contributed by atoms with Crippen molar-refractivity contribution in [1.29, 1.82) is 0 Å². The Labute approximate surface area is 140 Å². The van der Waals surface area contributed by atoms with Crippen LogP contribution in [0.25, 0.3) is 6.08 Å². The minimum absolute atomic E-state index is 0.226. The van der Waals surface area contributed by atoms with Gasteiger partial charge in [-0.25, -0.2) is 0 Å². The maximum Gasteiger partial charge on any atom is 0.248 e. The highest BCUT2D eigenvalue weighted by atomic mass is 16.5. The van der Waals surface area contributed by atoms with Gasteiger partial charge in [-0.15, -0.1) is 0 Å². The third kappa shape index (κ3) is 3.87. The van der Waals surface area contributed by atoms with E-state index in [1.54, 1.807) is 31.4 Å². The van der Waals surface area contributed by atoms with Crippen LogP contribution >= 0.6 is 0 Å². The Balaban J connectivity index is 1.68. The van der Waals surface area contributed by atoms with Crippen molar-refractivity contribution in [3.05, 3.63) is 54.1 Å². The van der Waals surface area contributed by atoms with E-state index >= 15 is 0 Å². The van der Waals surface area contributed by atoms with Gasteiger partial charge in [0, 0.05) is 29.8 Å². The van der Waals surface area contributed by atoms with Gasteiger partial charge in [-0.2, -0.15) is 0 Å². The number of ether oxygens (including phenoxy) is 3. The Morgan fingerprint density at radius 3 is 2.75 bits per heavy atom. The third-order valence-corrected chi connectivity index (χ3v) is 3.57. The summed E-state index contributed by atoms with van der Waals surface area (Å²) in [5.41, 5.74) is 1.50. The second kappa shape index (κ2) is 7.55. The summed E-state index contributed by atoms with van der Waals surface area (Å²) >= 11 is 0. The first-order chi connectivity index (χ1) is 11.8. The fraction of sp³-hybridized carbons (Fsp3) is 0.211. The molecule has 0 bridgehead atoms. The number of carbonyl (C=O) groups excluding carboxylic acids is 1. The maximum atomic E-state index is 12.1. The summed E-state index contributed by atoms with van der Waals surface area (Å²) in [5.74, 6) is 1.85. The number of benzene rings is 2. The van der Waals surface area contributed by atoms with Crippen LogP contribution in [0.2, 0.25) is 0 Å². The predicted octanol–water partition coefficient (Wildman–Crippen LogP) is 3.51. The lowest BCUT2D eigenvalue weighted by molar-refractivity contribution is -0.111. The normalized spacial score (nSPS) is 13.4. The zero-order valence-corrected chi connectivity index (χ0v) is 13.5. The zero-order chi connectivity index (χ0) is 16.8. The standard InChI is InChI=1S/C19H19NO4/c1-22-16-6-3-2-5-14(16)7-10-19(21)20-15-8-9-17-18(13-15)24-12-4-11-23-17/h2-3,5-10,13H,4,11-12H2,1H3,(H,20,21). The molecule has 2 aromatic rings. The van der Waals surface area contributed by atoms with Crippen LogP contribution in [-0.4, -0.2) is 26.2 Å². The second-order valence-corrected chi connectivity index (χ2v) is 5.28. The van der Waals surface area contributed by atoms with Crippen molar-refractivity contribution < 1.29 is 19.0 Å². The number of nitrogens with one attached hydrogen (secondary N) is 1. The van der Waals surface area contributed by atoms with Crippen LogP contribution in [0.5, 0.6) is 17.2 Å². The zero-order valence-electron chi connectivity index (χ0n) is 13.5. The van der Waals surface area contributed by atoms with Crippen LogP contribution in [0.3, 0.4) is 0 Å². The Bertz CT molecular complexity index is 755. The highest BCUT2D eigenvalue weighted by molar-refractivity contribution is 6.02. The molecule has 0 unspecified atom stereocenters. The molecule has 0 aromatic heterocycles. The average Bonchev–Trinajstić information content (AvgIpc) is 2.85. The van der Waals surface area contributed by atoms with Crippen LogP contribution in [0, 0.1) is 0 Å². The summed E-state index contributed by atoms with van der Waals surface area (Å²) in [7, 11) is 1.60. The smallest absolute Gasteiger partial charge is 0.248 e. The van der Waals surface area contributed by atoms with Crippen LogP contribution in [0.15, 0.2) is 48.5 Å². The molecule has 1 aliphatic heterocycles. The predicted molar refractivity (Wildman–Crippen MR) is 92.7 cm³/mol. The summed E-state index contributed by atoms with van der Waals surface area (Å²) in [5, 5.41) is 2.82. The SMILES string of the molecule is COc1ccccc1C=CC(=O)Nc1ccc2c(c1)OCCCO2. The van der Waals surface area contributed by atoms with Crippen LogP contribution in [0.1, 0.15) is 12.0 Å². The number of hydrogen-bond donors (Lipinski definition) is 1. The second-order valence-electron chi connectivity index (χ2n) is 5.28. The van der Waals surface area contributed by atoms with Crippen molar-refractivity contribution in [1.82, 2.24) is 0 Å². The number of amides is 1. The lowest BCUT2D eigenvalue weighted by atomic mass is 10.2. The number of anilines is 1. The van der Waals surface area contributed by atoms with Gasteiger partial charge >= 0.3 is 0 Å². The van der Waals surface area contributed by atoms with Gasteiger partial charge in [0.15, 0.2) is 11.5 Å². The molecule has 5 heteroatoms. The number of fused-ring (bicyclic) bond motifs is 1. The first kappa shape index (κ1) is 15.9. The molecule has 0 fully saturated rings. The molecule has 0 saturated carbocycles. The molecule has 1 N–H and O–H groups in total. The number of rotatable bonds is 4. The maximum absolute atomic E-state index is 12.1. The fourth-order valence-corrected chi connectivity index (χ4v) is 2.39. The average molecular weight is 325 g/mol. The monoisotopic (exact) mass is 325 g/mol. The molecule has 5 nitrogen and oxygen atoms in total. The molecule has 0 aliphatic carbocycles. The first-order valence-electron chi connectivity index (χ1n) is 7.78. The molecule has 0 saturated heterocycles. The van der Waals surface area contributed by atoms with E-state index in [2.05, 4.69) is 5.32 Å². The van der Waals surface area contributed by atoms with E-state index < -0.39 is 0 Å². The Kier molecular flexibility index (Phi) is 5.01. The number of carbonyl (C=O) groups is 1. The van der Waals surface area contributed by atoms with Crippen LogP contribution in [0.4, 0.5) is 5.69 Å². The Morgan fingerprint density at radius 1 is 1.12 bits per heavy atom. The molecule has 24 heavy (non-hydrogen) atoms. The van der Waals surface area contributed by atoms with Gasteiger partial charge in [0.1, 0.15) is 5.75 Å². The van der Waals surface area contributed by atoms with Crippen LogP contribution in [-0.2, 0) is 4.79 Å². The van der Waals surface area contributed by atoms with E-state index in [4.69, 9.17) is 14.2 Å². The van der Waals surface area contributed by atoms with Gasteiger partial charge in [-0.05, 0) is 24.3 Å². The summed E-state index contributed by atoms with van der Waals surface area (Å²) in [6, 6.07) is 12.9. The fourth-order valence-electron chi connectivity index (χ4n) is 2.39. The van der Waals surface area contributed by atoms with Gasteiger partial charge < -0.3 is 19.5 Å². The van der Waals surface area contributed by atoms with E-state index in [9.17, 15) is 4.79 Å². The number of methoxy groups -OCH3 is 1. The van der Waals surface area contributed by atoms with Gasteiger partial charge in [0.05, 0.1) is 20.3 Å². The largest absolute Gasteiger partial charge is 0.496 e. The lowest BCUT2D eigenvalue weighted by Gasteiger charge is -2.09. The molecule has 2 aromatic carbocycles. The van der Waals surface area contributed by atoms with E-state index in [0.29, 0.717) is 30.4 Å². The van der Waals surface area contributed by atoms with Crippen molar-refractivity contribution in [3.63, 3.8) is 0 Å². The summed E-state index contributed by atoms with van der Waals surface area (Å²) in [6.07, 6.45) is 4.04. The molecule has 1 heterocycles.